The lowest BCUT2D eigenvalue weighted by Crippen LogP contribution is -2.31. The number of anilines is 1. The quantitative estimate of drug-likeness (QED) is 0.810. The summed E-state index contributed by atoms with van der Waals surface area (Å²) in [6.45, 7) is 4.51. The molecule has 1 N–H and O–H groups in total. The van der Waals surface area contributed by atoms with Gasteiger partial charge in [0.15, 0.2) is 0 Å². The molecule has 130 valence electrons. The number of ether oxygens (including phenoxy) is 1. The minimum absolute atomic E-state index is 0.0644. The molecule has 0 aromatic heterocycles. The Morgan fingerprint density at radius 1 is 1.16 bits per heavy atom. The molecule has 2 aromatic rings. The predicted molar refractivity (Wildman–Crippen MR) is 99.7 cm³/mol. The van der Waals surface area contributed by atoms with Crippen LogP contribution in [0.1, 0.15) is 37.3 Å². The van der Waals surface area contributed by atoms with E-state index in [1.54, 1.807) is 0 Å². The van der Waals surface area contributed by atoms with Crippen molar-refractivity contribution < 1.29 is 14.3 Å². The first kappa shape index (κ1) is 17.5. The average molecular weight is 355 g/mol. The summed E-state index contributed by atoms with van der Waals surface area (Å²) in [6.07, 6.45) is 0.0644. The lowest BCUT2D eigenvalue weighted by molar-refractivity contribution is -0.145. The molecule has 5 heteroatoms. The lowest BCUT2D eigenvalue weighted by Gasteiger charge is -2.23. The number of fused-ring (bicyclic) bond motifs is 1. The van der Waals surface area contributed by atoms with Crippen molar-refractivity contribution in [2.24, 2.45) is 0 Å². The second-order valence-corrected chi connectivity index (χ2v) is 7.60. The number of esters is 1. The van der Waals surface area contributed by atoms with Crippen molar-refractivity contribution in [2.45, 2.75) is 42.9 Å². The number of thioether (sulfide) groups is 1. The summed E-state index contributed by atoms with van der Waals surface area (Å²) in [5.74, 6) is -0.0387. The summed E-state index contributed by atoms with van der Waals surface area (Å²) in [5.41, 5.74) is 3.00. The van der Waals surface area contributed by atoms with Crippen LogP contribution in [-0.4, -0.2) is 17.1 Å². The summed E-state index contributed by atoms with van der Waals surface area (Å²) in [4.78, 5) is 25.2. The summed E-state index contributed by atoms with van der Waals surface area (Å²) in [6, 6.07) is 15.6. The van der Waals surface area contributed by atoms with Gasteiger partial charge in [0.25, 0.3) is 0 Å². The molecule has 1 aliphatic rings. The number of carbonyl (C=O) groups excluding carboxylic acids is 2. The third kappa shape index (κ3) is 4.42. The summed E-state index contributed by atoms with van der Waals surface area (Å²) in [7, 11) is 0. The van der Waals surface area contributed by atoms with Crippen LogP contribution in [0.15, 0.2) is 53.4 Å². The molecule has 0 saturated carbocycles. The molecule has 0 fully saturated rings. The van der Waals surface area contributed by atoms with Gasteiger partial charge in [-0.15, -0.1) is 11.8 Å². The number of hydrogen-bond donors (Lipinski definition) is 1. The topological polar surface area (TPSA) is 55.4 Å². The van der Waals surface area contributed by atoms with Gasteiger partial charge in [-0.05, 0) is 29.2 Å². The molecule has 0 unspecified atom stereocenters. The van der Waals surface area contributed by atoms with Crippen molar-refractivity contribution in [1.29, 1.82) is 0 Å². The van der Waals surface area contributed by atoms with Crippen molar-refractivity contribution >= 4 is 29.3 Å². The van der Waals surface area contributed by atoms with Crippen molar-refractivity contribution in [2.75, 3.05) is 5.32 Å². The number of amides is 1. The number of para-hydroxylation sites is 1. The molecule has 25 heavy (non-hydrogen) atoms. The Hall–Kier alpha value is -2.27. The molecule has 1 atom stereocenters. The highest BCUT2D eigenvalue weighted by Gasteiger charge is 2.29. The van der Waals surface area contributed by atoms with Gasteiger partial charge in [-0.2, -0.15) is 0 Å². The molecule has 0 spiro atoms. The van der Waals surface area contributed by atoms with Crippen LogP contribution in [0.25, 0.3) is 0 Å². The van der Waals surface area contributed by atoms with E-state index in [9.17, 15) is 9.59 Å². The molecule has 2 aromatic carbocycles. The third-order valence-electron chi connectivity index (χ3n) is 4.10. The molecule has 1 heterocycles. The molecule has 0 radical (unpaired) electrons. The van der Waals surface area contributed by atoms with E-state index in [0.717, 1.165) is 16.1 Å². The Bertz CT molecular complexity index is 771. The van der Waals surface area contributed by atoms with Gasteiger partial charge in [0.05, 0.1) is 17.4 Å². The maximum Gasteiger partial charge on any atom is 0.307 e. The maximum atomic E-state index is 12.1. The first-order valence-corrected chi connectivity index (χ1v) is 9.22. The smallest absolute Gasteiger partial charge is 0.307 e. The Labute approximate surface area is 152 Å². The fourth-order valence-corrected chi connectivity index (χ4v) is 3.70. The van der Waals surface area contributed by atoms with Crippen molar-refractivity contribution in [3.05, 3.63) is 59.7 Å². The zero-order valence-electron chi connectivity index (χ0n) is 14.3. The van der Waals surface area contributed by atoms with Crippen LogP contribution in [0.4, 0.5) is 5.69 Å². The zero-order valence-corrected chi connectivity index (χ0v) is 15.1. The fourth-order valence-electron chi connectivity index (χ4n) is 2.60. The highest BCUT2D eigenvalue weighted by atomic mass is 32.2. The van der Waals surface area contributed by atoms with Gasteiger partial charge in [0.1, 0.15) is 6.61 Å². The van der Waals surface area contributed by atoms with Crippen molar-refractivity contribution in [1.82, 2.24) is 0 Å². The monoisotopic (exact) mass is 355 g/mol. The average Bonchev–Trinajstić information content (AvgIpc) is 2.61. The minimum Gasteiger partial charge on any atom is -0.461 e. The minimum atomic E-state index is -0.453. The van der Waals surface area contributed by atoms with E-state index >= 15 is 0 Å². The highest BCUT2D eigenvalue weighted by Crippen LogP contribution is 2.36. The largest absolute Gasteiger partial charge is 0.461 e. The summed E-state index contributed by atoms with van der Waals surface area (Å²) < 4.78 is 5.34. The predicted octanol–water partition coefficient (Wildman–Crippen LogP) is 4.36. The number of benzene rings is 2. The molecule has 1 aliphatic heterocycles. The molecular weight excluding hydrogens is 334 g/mol. The van der Waals surface area contributed by atoms with Gasteiger partial charge < -0.3 is 10.1 Å². The Kier molecular flexibility index (Phi) is 5.43. The summed E-state index contributed by atoms with van der Waals surface area (Å²) in [5, 5.41) is 2.39. The second kappa shape index (κ2) is 7.74. The van der Waals surface area contributed by atoms with Crippen LogP contribution in [0.3, 0.4) is 0 Å². The van der Waals surface area contributed by atoms with Crippen LogP contribution >= 0.6 is 11.8 Å². The standard InChI is InChI=1S/C20H21NO3S/c1-13(2)15-9-7-14(8-10-15)12-24-19(22)11-18-20(23)21-16-5-3-4-6-17(16)25-18/h3-10,13,18H,11-12H2,1-2H3,(H,21,23)/t18-/m1/s1. The lowest BCUT2D eigenvalue weighted by atomic mass is 10.0. The van der Waals surface area contributed by atoms with Gasteiger partial charge in [-0.1, -0.05) is 50.2 Å². The van der Waals surface area contributed by atoms with E-state index < -0.39 is 5.25 Å². The molecular formula is C20H21NO3S. The van der Waals surface area contributed by atoms with E-state index in [-0.39, 0.29) is 24.9 Å². The number of nitrogens with one attached hydrogen (secondary N) is 1. The van der Waals surface area contributed by atoms with Crippen molar-refractivity contribution in [3.63, 3.8) is 0 Å². The first-order valence-electron chi connectivity index (χ1n) is 8.34. The highest BCUT2D eigenvalue weighted by molar-refractivity contribution is 8.01. The zero-order chi connectivity index (χ0) is 17.8. The Balaban J connectivity index is 1.53. The summed E-state index contributed by atoms with van der Waals surface area (Å²) >= 11 is 1.41. The third-order valence-corrected chi connectivity index (χ3v) is 5.38. The van der Waals surface area contributed by atoms with Crippen LogP contribution in [-0.2, 0) is 20.9 Å². The number of carbonyl (C=O) groups is 2. The SMILES string of the molecule is CC(C)c1ccc(COC(=O)C[C@H]2Sc3ccccc3NC2=O)cc1. The number of rotatable bonds is 5. The van der Waals surface area contributed by atoms with Crippen LogP contribution in [0.5, 0.6) is 0 Å². The second-order valence-electron chi connectivity index (χ2n) is 6.35. The van der Waals surface area contributed by atoms with Gasteiger partial charge >= 0.3 is 5.97 Å². The normalized spacial score (nSPS) is 16.3. The first-order chi connectivity index (χ1) is 12.0. The maximum absolute atomic E-state index is 12.1. The van der Waals surface area contributed by atoms with Crippen LogP contribution in [0, 0.1) is 0 Å². The fraction of sp³-hybridized carbons (Fsp3) is 0.300. The molecule has 0 bridgehead atoms. The van der Waals surface area contributed by atoms with E-state index in [2.05, 4.69) is 31.3 Å². The van der Waals surface area contributed by atoms with Gasteiger partial charge in [-0.25, -0.2) is 0 Å². The van der Waals surface area contributed by atoms with Crippen LogP contribution in [0.2, 0.25) is 0 Å². The number of hydrogen-bond acceptors (Lipinski definition) is 4. The Morgan fingerprint density at radius 2 is 1.88 bits per heavy atom. The van der Waals surface area contributed by atoms with Gasteiger partial charge in [0.2, 0.25) is 5.91 Å². The van der Waals surface area contributed by atoms with E-state index in [1.807, 2.05) is 36.4 Å². The molecule has 3 rings (SSSR count). The van der Waals surface area contributed by atoms with Gasteiger partial charge in [0, 0.05) is 4.90 Å². The Morgan fingerprint density at radius 3 is 2.60 bits per heavy atom. The van der Waals surface area contributed by atoms with Crippen LogP contribution < -0.4 is 5.32 Å². The molecule has 0 aliphatic carbocycles. The molecule has 4 nitrogen and oxygen atoms in total. The molecule has 0 saturated heterocycles. The van der Waals surface area contributed by atoms with E-state index in [4.69, 9.17) is 4.74 Å². The van der Waals surface area contributed by atoms with E-state index in [0.29, 0.717) is 5.92 Å². The van der Waals surface area contributed by atoms with Gasteiger partial charge in [-0.3, -0.25) is 9.59 Å². The van der Waals surface area contributed by atoms with Crippen molar-refractivity contribution in [3.8, 4) is 0 Å². The van der Waals surface area contributed by atoms with E-state index in [1.165, 1.54) is 17.3 Å². The molecule has 1 amide bonds.